The Labute approximate surface area is 265 Å². The molecule has 0 aliphatic carbocycles. The van der Waals surface area contributed by atoms with Crippen molar-refractivity contribution in [1.82, 2.24) is 0 Å². The minimum Gasteiger partial charge on any atom is -0.479 e. The van der Waals surface area contributed by atoms with Crippen LogP contribution in [-0.2, 0) is 42.7 Å². The maximum Gasteiger partial charge on any atom is 0.335 e. The summed E-state index contributed by atoms with van der Waals surface area (Å²) in [6, 6.07) is 0. The molecule has 0 unspecified atom stereocenters. The Hall–Kier alpha value is -1.33. The molecule has 4 rings (SSSR count). The Morgan fingerprint density at radius 2 is 1.09 bits per heavy atom. The number of carbonyl (C=O) groups is 1. The highest BCUT2D eigenvalue weighted by atomic mass is 16.8. The number of carboxylic acid groups (broad SMARTS) is 1. The van der Waals surface area contributed by atoms with Crippen molar-refractivity contribution in [3.8, 4) is 0 Å². The summed E-state index contributed by atoms with van der Waals surface area (Å²) in [5, 5.41) is 132. The van der Waals surface area contributed by atoms with E-state index in [0.29, 0.717) is 0 Å². The smallest absolute Gasteiger partial charge is 0.335 e. The molecule has 0 saturated carbocycles. The summed E-state index contributed by atoms with van der Waals surface area (Å²) in [7, 11) is 1.16. The van der Waals surface area contributed by atoms with Crippen LogP contribution >= 0.6 is 0 Å². The van der Waals surface area contributed by atoms with Gasteiger partial charge in [0.15, 0.2) is 31.3 Å². The topological polar surface area (TPSA) is 354 Å². The quantitative estimate of drug-likeness (QED) is 0.0954. The minimum absolute atomic E-state index is 0.621. The van der Waals surface area contributed by atoms with Crippen LogP contribution in [0.3, 0.4) is 0 Å². The number of aliphatic carboxylic acids is 1. The summed E-state index contributed by atoms with van der Waals surface area (Å²) in [5.41, 5.74) is 0. The Morgan fingerprint density at radius 1 is 0.553 bits per heavy atom. The fourth-order valence-corrected chi connectivity index (χ4v) is 5.56. The SMILES string of the molecule is CO[C@@H]1[C@@H](O)[C@@H](O)O[C@H](CO[C@H]2O[C@H](CO)[C@H](O)[C@H](O)[C@H]2O[C@H]2O[C@H](CO[C@@H]3O[C@H](C(=O)O)[C@@H](O)[C@H](O)[C@H]3O)[C@H](O)[C@H](O)[C@H]2O)[C@@H]1O. The molecule has 4 aliphatic rings. The third-order valence-corrected chi connectivity index (χ3v) is 8.38. The van der Waals surface area contributed by atoms with Crippen molar-refractivity contribution in [2.75, 3.05) is 26.9 Å². The summed E-state index contributed by atoms with van der Waals surface area (Å²) in [5.74, 6) is -1.69. The van der Waals surface area contributed by atoms with E-state index in [0.717, 1.165) is 7.11 Å². The molecule has 0 aromatic heterocycles. The van der Waals surface area contributed by atoms with Crippen LogP contribution in [-0.4, -0.2) is 222 Å². The van der Waals surface area contributed by atoms with Gasteiger partial charge in [-0.2, -0.15) is 0 Å². The number of methoxy groups -OCH3 is 1. The molecule has 20 atom stereocenters. The molecule has 0 aromatic rings. The third-order valence-electron chi connectivity index (χ3n) is 8.38. The molecule has 22 heteroatoms. The van der Waals surface area contributed by atoms with Gasteiger partial charge in [-0.15, -0.1) is 0 Å². The lowest BCUT2D eigenvalue weighted by Gasteiger charge is -2.47. The molecular formula is C25H42O22. The minimum atomic E-state index is -2.03. The molecule has 13 N–H and O–H groups in total. The number of carboxylic acids is 1. The first-order valence-electron chi connectivity index (χ1n) is 14.5. The Morgan fingerprint density at radius 3 is 1.68 bits per heavy atom. The zero-order valence-corrected chi connectivity index (χ0v) is 24.7. The number of aliphatic hydroxyl groups is 12. The molecule has 0 spiro atoms. The number of aliphatic hydroxyl groups excluding tert-OH is 12. The van der Waals surface area contributed by atoms with Crippen LogP contribution in [0.15, 0.2) is 0 Å². The van der Waals surface area contributed by atoms with Gasteiger partial charge in [0, 0.05) is 7.11 Å². The van der Waals surface area contributed by atoms with E-state index < -0.39 is 149 Å². The van der Waals surface area contributed by atoms with Gasteiger partial charge in [-0.1, -0.05) is 0 Å². The fraction of sp³-hybridized carbons (Fsp3) is 0.960. The molecule has 22 nitrogen and oxygen atoms in total. The molecule has 47 heavy (non-hydrogen) atoms. The highest BCUT2D eigenvalue weighted by Gasteiger charge is 2.53. The summed E-state index contributed by atoms with van der Waals surface area (Å²) in [6.45, 7) is -2.24. The maximum atomic E-state index is 11.4. The largest absolute Gasteiger partial charge is 0.479 e. The van der Waals surface area contributed by atoms with Gasteiger partial charge in [0.05, 0.1) is 19.8 Å². The van der Waals surface area contributed by atoms with Gasteiger partial charge >= 0.3 is 5.97 Å². The van der Waals surface area contributed by atoms with Crippen LogP contribution in [0.25, 0.3) is 0 Å². The van der Waals surface area contributed by atoms with Gasteiger partial charge in [-0.25, -0.2) is 4.79 Å². The van der Waals surface area contributed by atoms with E-state index in [-0.39, 0.29) is 0 Å². The van der Waals surface area contributed by atoms with Crippen LogP contribution in [0.4, 0.5) is 0 Å². The van der Waals surface area contributed by atoms with Crippen molar-refractivity contribution in [2.45, 2.75) is 123 Å². The second-order valence-corrected chi connectivity index (χ2v) is 11.5. The second kappa shape index (κ2) is 16.1. The highest BCUT2D eigenvalue weighted by molar-refractivity contribution is 5.73. The Bertz CT molecular complexity index is 1010. The van der Waals surface area contributed by atoms with Crippen molar-refractivity contribution in [2.24, 2.45) is 0 Å². The number of hydrogen-bond donors (Lipinski definition) is 13. The Kier molecular flexibility index (Phi) is 13.2. The monoisotopic (exact) mass is 694 g/mol. The van der Waals surface area contributed by atoms with E-state index in [1.54, 1.807) is 0 Å². The molecule has 4 heterocycles. The van der Waals surface area contributed by atoms with Gasteiger partial charge in [-0.3, -0.25) is 0 Å². The molecule has 4 aliphatic heterocycles. The summed E-state index contributed by atoms with van der Waals surface area (Å²) < 4.78 is 42.7. The van der Waals surface area contributed by atoms with E-state index in [2.05, 4.69) is 0 Å². The van der Waals surface area contributed by atoms with Crippen LogP contribution < -0.4 is 0 Å². The predicted molar refractivity (Wildman–Crippen MR) is 139 cm³/mol. The van der Waals surface area contributed by atoms with Crippen LogP contribution in [0, 0.1) is 0 Å². The molecular weight excluding hydrogens is 652 g/mol. The predicted octanol–water partition coefficient (Wildman–Crippen LogP) is -9.00. The lowest BCUT2D eigenvalue weighted by Crippen LogP contribution is -2.65. The van der Waals surface area contributed by atoms with Gasteiger partial charge in [0.1, 0.15) is 91.6 Å². The molecule has 274 valence electrons. The number of hydrogen-bond acceptors (Lipinski definition) is 21. The van der Waals surface area contributed by atoms with E-state index in [9.17, 15) is 71.2 Å². The van der Waals surface area contributed by atoms with Gasteiger partial charge in [0.2, 0.25) is 0 Å². The molecule has 4 fully saturated rings. The van der Waals surface area contributed by atoms with E-state index in [1.165, 1.54) is 0 Å². The lowest BCUT2D eigenvalue weighted by atomic mass is 9.97. The van der Waals surface area contributed by atoms with Crippen molar-refractivity contribution in [3.05, 3.63) is 0 Å². The van der Waals surface area contributed by atoms with E-state index >= 15 is 0 Å². The number of rotatable bonds is 11. The summed E-state index contributed by atoms with van der Waals surface area (Å²) >= 11 is 0. The van der Waals surface area contributed by atoms with E-state index in [4.69, 9.17) is 37.9 Å². The average Bonchev–Trinajstić information content (AvgIpc) is 3.04. The van der Waals surface area contributed by atoms with Crippen LogP contribution in [0.2, 0.25) is 0 Å². The first-order chi connectivity index (χ1) is 22.1. The fourth-order valence-electron chi connectivity index (χ4n) is 5.56. The lowest BCUT2D eigenvalue weighted by molar-refractivity contribution is -0.376. The summed E-state index contributed by atoms with van der Waals surface area (Å²) in [4.78, 5) is 11.4. The van der Waals surface area contributed by atoms with Crippen molar-refractivity contribution in [3.63, 3.8) is 0 Å². The van der Waals surface area contributed by atoms with Crippen molar-refractivity contribution in [1.29, 1.82) is 0 Å². The van der Waals surface area contributed by atoms with Crippen molar-refractivity contribution >= 4 is 5.97 Å². The molecule has 0 aromatic carbocycles. The third kappa shape index (κ3) is 8.03. The van der Waals surface area contributed by atoms with Crippen LogP contribution in [0.1, 0.15) is 0 Å². The zero-order valence-electron chi connectivity index (χ0n) is 24.7. The number of ether oxygens (including phenoxy) is 8. The molecule has 0 bridgehead atoms. The first-order valence-corrected chi connectivity index (χ1v) is 14.5. The highest BCUT2D eigenvalue weighted by Crippen LogP contribution is 2.32. The van der Waals surface area contributed by atoms with Gasteiger partial charge < -0.3 is 104 Å². The second-order valence-electron chi connectivity index (χ2n) is 11.5. The van der Waals surface area contributed by atoms with Gasteiger partial charge in [0.25, 0.3) is 0 Å². The molecule has 0 amide bonds. The molecule has 0 radical (unpaired) electrons. The average molecular weight is 695 g/mol. The van der Waals surface area contributed by atoms with E-state index in [1.807, 2.05) is 0 Å². The Balaban J connectivity index is 1.46. The zero-order chi connectivity index (χ0) is 34.9. The van der Waals surface area contributed by atoms with Crippen molar-refractivity contribution < 1.29 is 109 Å². The maximum absolute atomic E-state index is 11.4. The molecule has 4 saturated heterocycles. The summed E-state index contributed by atoms with van der Waals surface area (Å²) in [6.07, 6.45) is -35.7. The first kappa shape index (κ1) is 38.5. The normalized spacial score (nSPS) is 51.1. The van der Waals surface area contributed by atoms with Crippen LogP contribution in [0.5, 0.6) is 0 Å². The standard InChI is InChI=1S/C25H42O22/c1-40-18-10(29)7(43-22(39)17(18)36)4-42-25-20(13(32)8(27)5(2-26)44-25)47-24-16(35)11(30)9(28)6(45-24)3-41-23-15(34)12(31)14(33)19(46-23)21(37)38/h5-20,22-36,39H,2-4H2,1H3,(H,37,38)/t5-,6-,7-,8+,9+,10+,11+,12+,13+,14+,15-,16-,17-,18+,19+,20-,22+,23-,24-,25+/m1/s1. The van der Waals surface area contributed by atoms with Gasteiger partial charge in [-0.05, 0) is 0 Å².